The van der Waals surface area contributed by atoms with Gasteiger partial charge in [0.15, 0.2) is 0 Å². The van der Waals surface area contributed by atoms with Crippen LogP contribution in [-0.2, 0) is 5.41 Å². The normalized spacial score (nSPS) is 15.3. The molecule has 2 aliphatic rings. The Labute approximate surface area is 311 Å². The number of nitrogens with zero attached hydrogens (tertiary/aromatic N) is 1. The molecule has 1 aliphatic heterocycles. The zero-order valence-corrected chi connectivity index (χ0v) is 29.2. The second-order valence-electron chi connectivity index (χ2n) is 14.4. The van der Waals surface area contributed by atoms with E-state index in [1.54, 1.807) is 0 Å². The van der Waals surface area contributed by atoms with Gasteiger partial charge in [0.25, 0.3) is 0 Å². The van der Waals surface area contributed by atoms with Gasteiger partial charge in [-0.1, -0.05) is 140 Å². The highest BCUT2D eigenvalue weighted by atomic mass is 16.5. The Morgan fingerprint density at radius 2 is 1.06 bits per heavy atom. The quantitative estimate of drug-likeness (QED) is 0.185. The molecule has 10 aromatic rings. The van der Waals surface area contributed by atoms with Crippen LogP contribution in [0.25, 0.3) is 54.6 Å². The fraction of sp³-hybridized carbons (Fsp3) is 0.0196. The van der Waals surface area contributed by atoms with Gasteiger partial charge in [-0.25, -0.2) is 0 Å². The summed E-state index contributed by atoms with van der Waals surface area (Å²) in [5, 5.41) is 6.93. The van der Waals surface area contributed by atoms with Crippen molar-refractivity contribution in [2.45, 2.75) is 5.41 Å². The van der Waals surface area contributed by atoms with E-state index in [4.69, 9.17) is 9.15 Å². The maximum Gasteiger partial charge on any atom is 0.137 e. The predicted molar refractivity (Wildman–Crippen MR) is 221 cm³/mol. The van der Waals surface area contributed by atoms with E-state index in [2.05, 4.69) is 187 Å². The Bertz CT molecular complexity index is 3170. The van der Waals surface area contributed by atoms with Gasteiger partial charge in [0.05, 0.1) is 22.2 Å². The van der Waals surface area contributed by atoms with Crippen molar-refractivity contribution >= 4 is 60.5 Å². The zero-order chi connectivity index (χ0) is 35.4. The number of rotatable bonds is 3. The van der Waals surface area contributed by atoms with Crippen LogP contribution in [0.2, 0.25) is 0 Å². The fourth-order valence-electron chi connectivity index (χ4n) is 9.56. The standard InChI is InChI=1S/C51H31NO2/c1-3-16-35-32(13-1)15-11-22-43(35)52(44-23-12-26-47-49(44)39-19-6-9-24-45(39)53-47)34-28-29-38-37-18-5-7-20-40(37)51(42(38)31-34)41-21-8-10-25-46(41)54-48-30-27-33-14-2-4-17-36(33)50(48)51/h1-31H. The fourth-order valence-corrected chi connectivity index (χ4v) is 9.56. The smallest absolute Gasteiger partial charge is 0.137 e. The van der Waals surface area contributed by atoms with Crippen LogP contribution < -0.4 is 9.64 Å². The van der Waals surface area contributed by atoms with Gasteiger partial charge < -0.3 is 14.1 Å². The molecule has 1 aliphatic carbocycles. The lowest BCUT2D eigenvalue weighted by Crippen LogP contribution is -2.32. The molecule has 252 valence electrons. The molecule has 2 heterocycles. The van der Waals surface area contributed by atoms with Crippen LogP contribution in [0.15, 0.2) is 192 Å². The van der Waals surface area contributed by atoms with E-state index in [-0.39, 0.29) is 0 Å². The van der Waals surface area contributed by atoms with Crippen molar-refractivity contribution in [2.75, 3.05) is 4.90 Å². The predicted octanol–water partition coefficient (Wildman–Crippen LogP) is 13.8. The number of hydrogen-bond donors (Lipinski definition) is 0. The maximum absolute atomic E-state index is 6.83. The van der Waals surface area contributed by atoms with Gasteiger partial charge in [-0.15, -0.1) is 0 Å². The van der Waals surface area contributed by atoms with Crippen LogP contribution in [0, 0.1) is 0 Å². The third kappa shape index (κ3) is 3.85. The molecule has 9 aromatic carbocycles. The molecule has 12 rings (SSSR count). The van der Waals surface area contributed by atoms with Crippen LogP contribution in [0.4, 0.5) is 17.1 Å². The molecule has 0 bridgehead atoms. The molecule has 0 radical (unpaired) electrons. The number of benzene rings is 9. The van der Waals surface area contributed by atoms with E-state index >= 15 is 0 Å². The zero-order valence-electron chi connectivity index (χ0n) is 29.2. The molecule has 54 heavy (non-hydrogen) atoms. The maximum atomic E-state index is 6.83. The summed E-state index contributed by atoms with van der Waals surface area (Å²) in [7, 11) is 0. The molecule has 1 unspecified atom stereocenters. The van der Waals surface area contributed by atoms with Crippen molar-refractivity contribution in [1.29, 1.82) is 0 Å². The first-order valence-corrected chi connectivity index (χ1v) is 18.5. The molecule has 1 spiro atoms. The second-order valence-corrected chi connectivity index (χ2v) is 14.4. The van der Waals surface area contributed by atoms with Gasteiger partial charge in [-0.3, -0.25) is 0 Å². The van der Waals surface area contributed by atoms with Crippen LogP contribution >= 0.6 is 0 Å². The molecule has 3 nitrogen and oxygen atoms in total. The van der Waals surface area contributed by atoms with Crippen molar-refractivity contribution in [3.63, 3.8) is 0 Å². The van der Waals surface area contributed by atoms with Crippen molar-refractivity contribution < 1.29 is 9.15 Å². The van der Waals surface area contributed by atoms with Gasteiger partial charge in [0, 0.05) is 27.6 Å². The number of hydrogen-bond acceptors (Lipinski definition) is 3. The Hall–Kier alpha value is -7.10. The van der Waals surface area contributed by atoms with Gasteiger partial charge in [-0.2, -0.15) is 0 Å². The molecular weight excluding hydrogens is 659 g/mol. The van der Waals surface area contributed by atoms with Gasteiger partial charge in [0.1, 0.15) is 22.7 Å². The van der Waals surface area contributed by atoms with Gasteiger partial charge >= 0.3 is 0 Å². The van der Waals surface area contributed by atoms with E-state index in [9.17, 15) is 0 Å². The summed E-state index contributed by atoms with van der Waals surface area (Å²) in [5.41, 5.74) is 11.7. The summed E-state index contributed by atoms with van der Waals surface area (Å²) in [6.07, 6.45) is 0. The van der Waals surface area contributed by atoms with Crippen LogP contribution in [-0.4, -0.2) is 0 Å². The highest BCUT2D eigenvalue weighted by Gasteiger charge is 2.52. The summed E-state index contributed by atoms with van der Waals surface area (Å²) in [6, 6.07) is 67.8. The van der Waals surface area contributed by atoms with Crippen molar-refractivity contribution in [3.8, 4) is 22.6 Å². The molecule has 0 saturated heterocycles. The molecule has 0 amide bonds. The minimum Gasteiger partial charge on any atom is -0.457 e. The van der Waals surface area contributed by atoms with Crippen molar-refractivity contribution in [2.24, 2.45) is 0 Å². The number of para-hydroxylation sites is 2. The molecule has 0 fully saturated rings. The number of ether oxygens (including phenoxy) is 1. The highest BCUT2D eigenvalue weighted by Crippen LogP contribution is 2.64. The van der Waals surface area contributed by atoms with Gasteiger partial charge in [-0.05, 0) is 86.9 Å². The van der Waals surface area contributed by atoms with E-state index in [1.807, 2.05) is 6.07 Å². The first kappa shape index (κ1) is 29.5. The van der Waals surface area contributed by atoms with Crippen molar-refractivity contribution in [3.05, 3.63) is 210 Å². The topological polar surface area (TPSA) is 25.6 Å². The second kappa shape index (κ2) is 11.0. The molecular formula is C51H31NO2. The minimum atomic E-state index is -0.633. The van der Waals surface area contributed by atoms with Crippen LogP contribution in [0.5, 0.6) is 11.5 Å². The third-order valence-electron chi connectivity index (χ3n) is 11.7. The average Bonchev–Trinajstić information content (AvgIpc) is 3.75. The molecule has 1 aromatic heterocycles. The third-order valence-corrected chi connectivity index (χ3v) is 11.7. The molecule has 3 heteroatoms. The van der Waals surface area contributed by atoms with E-state index in [1.165, 1.54) is 49.4 Å². The Kier molecular flexibility index (Phi) is 5.98. The first-order chi connectivity index (χ1) is 26.8. The Morgan fingerprint density at radius 3 is 1.96 bits per heavy atom. The summed E-state index contributed by atoms with van der Waals surface area (Å²) in [5.74, 6) is 1.77. The summed E-state index contributed by atoms with van der Waals surface area (Å²) >= 11 is 0. The minimum absolute atomic E-state index is 0.633. The highest BCUT2D eigenvalue weighted by molar-refractivity contribution is 6.15. The largest absolute Gasteiger partial charge is 0.457 e. The number of fused-ring (bicyclic) bond motifs is 15. The average molecular weight is 690 g/mol. The lowest BCUT2D eigenvalue weighted by molar-refractivity contribution is 0.438. The van der Waals surface area contributed by atoms with E-state index < -0.39 is 5.41 Å². The Morgan fingerprint density at radius 1 is 0.407 bits per heavy atom. The van der Waals surface area contributed by atoms with E-state index in [0.29, 0.717) is 0 Å². The van der Waals surface area contributed by atoms with Crippen molar-refractivity contribution in [1.82, 2.24) is 0 Å². The molecule has 0 N–H and O–H groups in total. The monoisotopic (exact) mass is 689 g/mol. The first-order valence-electron chi connectivity index (χ1n) is 18.5. The molecule has 1 atom stereocenters. The number of anilines is 3. The lowest BCUT2D eigenvalue weighted by Gasteiger charge is -2.40. The molecule has 0 saturated carbocycles. The van der Waals surface area contributed by atoms with E-state index in [0.717, 1.165) is 56.1 Å². The summed E-state index contributed by atoms with van der Waals surface area (Å²) in [6.45, 7) is 0. The SMILES string of the molecule is c1ccc2c(c1)Oc1ccc3ccccc3c1C21c2ccccc2-c2ccc(N(c3cccc4ccccc34)c3cccc4oc5ccccc5c34)cc21. The van der Waals surface area contributed by atoms with Gasteiger partial charge in [0.2, 0.25) is 0 Å². The lowest BCUT2D eigenvalue weighted by atomic mass is 9.65. The summed E-state index contributed by atoms with van der Waals surface area (Å²) in [4.78, 5) is 2.44. The Balaban J connectivity index is 1.23. The summed E-state index contributed by atoms with van der Waals surface area (Å²) < 4.78 is 13.3. The van der Waals surface area contributed by atoms with Crippen LogP contribution in [0.1, 0.15) is 22.3 Å². The van der Waals surface area contributed by atoms with Crippen LogP contribution in [0.3, 0.4) is 0 Å². The number of furan rings is 1.